The van der Waals surface area contributed by atoms with Gasteiger partial charge < -0.3 is 24.4 Å². The van der Waals surface area contributed by atoms with Gasteiger partial charge in [0.1, 0.15) is 0 Å². The molecule has 0 fully saturated rings. The van der Waals surface area contributed by atoms with E-state index in [1.165, 1.54) is 30.9 Å². The third kappa shape index (κ3) is 12.0. The van der Waals surface area contributed by atoms with Gasteiger partial charge in [-0.15, -0.1) is 0 Å². The van der Waals surface area contributed by atoms with Gasteiger partial charge in [0.15, 0.2) is 6.61 Å². The Bertz CT molecular complexity index is 1110. The van der Waals surface area contributed by atoms with Crippen LogP contribution in [0.15, 0.2) is 82.4 Å². The van der Waals surface area contributed by atoms with Gasteiger partial charge in [-0.25, -0.2) is 14.4 Å². The normalized spacial score (nSPS) is 16.9. The van der Waals surface area contributed by atoms with Crippen LogP contribution in [0.2, 0.25) is 0 Å². The highest BCUT2D eigenvalue weighted by atomic mass is 16.7. The Morgan fingerprint density at radius 1 is 0.714 bits per heavy atom. The first-order valence-electron chi connectivity index (χ1n) is 14.7. The number of carbonyl (C=O) groups excluding carboxylic acids is 1. The zero-order valence-corrected chi connectivity index (χ0v) is 25.3. The molecule has 4 aliphatic carbocycles. The van der Waals surface area contributed by atoms with Crippen molar-refractivity contribution in [3.63, 3.8) is 0 Å². The molecule has 8 nitrogen and oxygen atoms in total. The van der Waals surface area contributed by atoms with Crippen molar-refractivity contribution in [3.05, 3.63) is 82.4 Å². The molecule has 0 spiro atoms. The minimum atomic E-state index is -0.935. The summed E-state index contributed by atoms with van der Waals surface area (Å²) in [5.74, 6) is -0.270. The van der Waals surface area contributed by atoms with Crippen LogP contribution in [0.3, 0.4) is 0 Å². The zero-order valence-electron chi connectivity index (χ0n) is 25.3. The number of carboxylic acids is 2. The van der Waals surface area contributed by atoms with Crippen molar-refractivity contribution in [1.29, 1.82) is 0 Å². The van der Waals surface area contributed by atoms with Crippen molar-refractivity contribution in [3.8, 4) is 0 Å². The van der Waals surface area contributed by atoms with Crippen LogP contribution in [-0.2, 0) is 28.6 Å². The van der Waals surface area contributed by atoms with Gasteiger partial charge in [-0.05, 0) is 114 Å². The highest BCUT2D eigenvalue weighted by molar-refractivity contribution is 5.89. The molecule has 0 aromatic carbocycles. The fourth-order valence-corrected chi connectivity index (χ4v) is 4.78. The molecule has 0 bridgehead atoms. The molecule has 42 heavy (non-hydrogen) atoms. The maximum Gasteiger partial charge on any atom is 0.333 e. The van der Waals surface area contributed by atoms with Gasteiger partial charge in [-0.2, -0.15) is 0 Å². The van der Waals surface area contributed by atoms with Crippen molar-refractivity contribution in [2.45, 2.75) is 104 Å². The Labute approximate surface area is 249 Å². The van der Waals surface area contributed by atoms with Gasteiger partial charge in [0, 0.05) is 29.6 Å². The van der Waals surface area contributed by atoms with Crippen LogP contribution < -0.4 is 0 Å². The largest absolute Gasteiger partial charge is 0.478 e. The van der Waals surface area contributed by atoms with Crippen LogP contribution in [0.25, 0.3) is 0 Å². The zero-order chi connectivity index (χ0) is 31.1. The van der Waals surface area contributed by atoms with Gasteiger partial charge >= 0.3 is 17.9 Å². The molecular formula is C34H46O8. The lowest BCUT2D eigenvalue weighted by atomic mass is 9.92. The summed E-state index contributed by atoms with van der Waals surface area (Å²) in [5, 5.41) is 17.1. The summed E-state index contributed by atoms with van der Waals surface area (Å²) >= 11 is 0. The van der Waals surface area contributed by atoms with E-state index >= 15 is 0 Å². The Kier molecular flexibility index (Phi) is 14.6. The third-order valence-electron chi connectivity index (χ3n) is 7.05. The van der Waals surface area contributed by atoms with E-state index in [2.05, 4.69) is 37.5 Å². The number of ether oxygens (including phenoxy) is 3. The van der Waals surface area contributed by atoms with E-state index in [1.54, 1.807) is 13.8 Å². The number of esters is 1. The number of carbonyl (C=O) groups is 3. The first kappa shape index (κ1) is 34.4. The van der Waals surface area contributed by atoms with Crippen LogP contribution >= 0.6 is 0 Å². The number of carboxylic acid groups (broad SMARTS) is 2. The SMILES string of the molecule is C=C(C)C(=O)O.C=C(C)C(=O)OCC(OC1=CCCC1)OC1=CCCC1.CC(C(=O)O)=C(C1=CCCC1)C1=CCCC1. The average Bonchev–Trinajstić information content (AvgIpc) is 3.77. The summed E-state index contributed by atoms with van der Waals surface area (Å²) in [4.78, 5) is 32.2. The maximum absolute atomic E-state index is 11.5. The second-order valence-electron chi connectivity index (χ2n) is 10.8. The minimum absolute atomic E-state index is 0.0837. The van der Waals surface area contributed by atoms with Crippen LogP contribution in [0.5, 0.6) is 0 Å². The topological polar surface area (TPSA) is 119 Å². The third-order valence-corrected chi connectivity index (χ3v) is 7.05. The first-order chi connectivity index (χ1) is 20.0. The quantitative estimate of drug-likeness (QED) is 0.144. The molecule has 0 radical (unpaired) electrons. The van der Waals surface area contributed by atoms with Gasteiger partial charge in [0.2, 0.25) is 0 Å². The molecule has 0 aromatic rings. The van der Waals surface area contributed by atoms with Crippen LogP contribution in [-0.4, -0.2) is 41.0 Å². The summed E-state index contributed by atoms with van der Waals surface area (Å²) in [6, 6.07) is 0. The van der Waals surface area contributed by atoms with Gasteiger partial charge in [0.25, 0.3) is 6.29 Å². The molecule has 0 saturated heterocycles. The van der Waals surface area contributed by atoms with Crippen LogP contribution in [0, 0.1) is 0 Å². The van der Waals surface area contributed by atoms with E-state index in [9.17, 15) is 14.4 Å². The lowest BCUT2D eigenvalue weighted by Gasteiger charge is -2.21. The molecule has 0 aliphatic heterocycles. The van der Waals surface area contributed by atoms with Crippen molar-refractivity contribution >= 4 is 17.9 Å². The molecule has 2 N–H and O–H groups in total. The van der Waals surface area contributed by atoms with Crippen LogP contribution in [0.1, 0.15) is 97.8 Å². The highest BCUT2D eigenvalue weighted by Gasteiger charge is 2.22. The Morgan fingerprint density at radius 3 is 1.45 bits per heavy atom. The van der Waals surface area contributed by atoms with Crippen molar-refractivity contribution < 1.29 is 38.8 Å². The smallest absolute Gasteiger partial charge is 0.333 e. The van der Waals surface area contributed by atoms with Crippen molar-refractivity contribution in [1.82, 2.24) is 0 Å². The highest BCUT2D eigenvalue weighted by Crippen LogP contribution is 2.36. The van der Waals surface area contributed by atoms with E-state index in [0.29, 0.717) is 11.1 Å². The van der Waals surface area contributed by atoms with Gasteiger partial charge in [-0.3, -0.25) is 0 Å². The Morgan fingerprint density at radius 2 is 1.14 bits per heavy atom. The molecule has 0 heterocycles. The molecular weight excluding hydrogens is 536 g/mol. The number of allylic oxidation sites excluding steroid dienone is 9. The monoisotopic (exact) mass is 582 g/mol. The van der Waals surface area contributed by atoms with Gasteiger partial charge in [-0.1, -0.05) is 25.3 Å². The van der Waals surface area contributed by atoms with Crippen molar-refractivity contribution in [2.24, 2.45) is 0 Å². The predicted octanol–water partition coefficient (Wildman–Crippen LogP) is 7.86. The lowest BCUT2D eigenvalue weighted by Crippen LogP contribution is -2.25. The second kappa shape index (κ2) is 17.9. The Hall–Kier alpha value is -3.81. The van der Waals surface area contributed by atoms with Gasteiger partial charge in [0.05, 0.1) is 11.5 Å². The molecule has 4 rings (SSSR count). The summed E-state index contributed by atoms with van der Waals surface area (Å²) in [5.41, 5.74) is 4.61. The van der Waals surface area contributed by atoms with E-state index in [4.69, 9.17) is 24.4 Å². The summed E-state index contributed by atoms with van der Waals surface area (Å²) in [7, 11) is 0. The first-order valence-corrected chi connectivity index (χ1v) is 14.7. The molecule has 8 heteroatoms. The Balaban J connectivity index is 0.000000250. The maximum atomic E-state index is 11.5. The molecule has 0 amide bonds. The van der Waals surface area contributed by atoms with Crippen molar-refractivity contribution in [2.75, 3.05) is 6.61 Å². The fourth-order valence-electron chi connectivity index (χ4n) is 4.78. The molecule has 230 valence electrons. The predicted molar refractivity (Wildman–Crippen MR) is 162 cm³/mol. The fraction of sp³-hybridized carbons (Fsp3) is 0.500. The molecule has 4 aliphatic rings. The van der Waals surface area contributed by atoms with E-state index in [0.717, 1.165) is 81.3 Å². The standard InChI is InChI=1S/C16H22O4.C14H18O2.C4H6O2/c1-12(2)16(17)18-11-15(19-13-7-3-4-8-13)20-14-9-5-6-10-14;1-10(14(15)16)13(11-6-2-3-7-11)12-8-4-5-9-12;1-3(2)4(5)6/h7,9,15H,1,3-6,8,10-11H2,2H3;6,8H,2-5,7,9H2,1H3,(H,15,16);1H2,2H3,(H,5,6). The average molecular weight is 583 g/mol. The summed E-state index contributed by atoms with van der Waals surface area (Å²) in [6.07, 6.45) is 20.7. The number of hydrogen-bond donors (Lipinski definition) is 2. The summed E-state index contributed by atoms with van der Waals surface area (Å²) in [6.45, 7) is 11.6. The lowest BCUT2D eigenvalue weighted by molar-refractivity contribution is -0.159. The second-order valence-corrected chi connectivity index (χ2v) is 10.8. The van der Waals surface area contributed by atoms with Crippen LogP contribution in [0.4, 0.5) is 0 Å². The number of hydrogen-bond acceptors (Lipinski definition) is 6. The number of rotatable bonds is 11. The summed E-state index contributed by atoms with van der Waals surface area (Å²) < 4.78 is 16.7. The molecule has 0 saturated carbocycles. The van der Waals surface area contributed by atoms with E-state index in [-0.39, 0.29) is 12.2 Å². The molecule has 0 atom stereocenters. The van der Waals surface area contributed by atoms with E-state index in [1.807, 2.05) is 0 Å². The number of aliphatic carboxylic acids is 2. The molecule has 0 aromatic heterocycles. The van der Waals surface area contributed by atoms with E-state index < -0.39 is 24.2 Å². The molecule has 0 unspecified atom stereocenters. The minimum Gasteiger partial charge on any atom is -0.478 e.